The number of carbonyl (C=O) groups excluding carboxylic acids is 1. The maximum atomic E-state index is 12.9. The average molecular weight is 446 g/mol. The number of likely N-dealkylation sites (tertiary alicyclic amines) is 1. The topological polar surface area (TPSA) is 88.8 Å². The summed E-state index contributed by atoms with van der Waals surface area (Å²) in [5.41, 5.74) is 6.68. The van der Waals surface area contributed by atoms with E-state index in [9.17, 15) is 4.79 Å². The quantitative estimate of drug-likeness (QED) is 0.597. The second-order valence-electron chi connectivity index (χ2n) is 8.74. The van der Waals surface area contributed by atoms with Gasteiger partial charge in [0.2, 0.25) is 11.9 Å². The lowest BCUT2D eigenvalue weighted by molar-refractivity contribution is -0.127. The van der Waals surface area contributed by atoms with Crippen molar-refractivity contribution in [1.82, 2.24) is 29.6 Å². The number of carbonyl (C=O) groups is 1. The third-order valence-electron chi connectivity index (χ3n) is 6.13. The molecule has 0 aromatic carbocycles. The number of amides is 1. The van der Waals surface area contributed by atoms with Crippen LogP contribution in [0.3, 0.4) is 0 Å². The van der Waals surface area contributed by atoms with Gasteiger partial charge in [-0.15, -0.1) is 0 Å². The molecule has 0 bridgehead atoms. The van der Waals surface area contributed by atoms with Gasteiger partial charge in [0.25, 0.3) is 0 Å². The minimum Gasteiger partial charge on any atom is -0.338 e. The van der Waals surface area contributed by atoms with E-state index in [4.69, 9.17) is 0 Å². The molecule has 0 aliphatic carbocycles. The van der Waals surface area contributed by atoms with Crippen LogP contribution in [-0.4, -0.2) is 48.6 Å². The lowest BCUT2D eigenvalue weighted by atomic mass is 9.94. The van der Waals surface area contributed by atoms with E-state index in [1.807, 2.05) is 74.8 Å². The zero-order valence-electron chi connectivity index (χ0n) is 20.0. The molecule has 1 aliphatic heterocycles. The number of hydrogen-bond donors (Lipinski definition) is 1. The largest absolute Gasteiger partial charge is 0.338 e. The average Bonchev–Trinajstić information content (AvgIpc) is 3.03. The molecule has 172 valence electrons. The summed E-state index contributed by atoms with van der Waals surface area (Å²) in [5, 5.41) is 7.63. The third-order valence-corrected chi connectivity index (χ3v) is 6.13. The van der Waals surface area contributed by atoms with Gasteiger partial charge in [0.1, 0.15) is 0 Å². The van der Waals surface area contributed by atoms with E-state index in [0.717, 1.165) is 59.1 Å². The molecule has 0 unspecified atom stereocenters. The van der Waals surface area contributed by atoms with E-state index < -0.39 is 0 Å². The number of aromatic nitrogens is 5. The predicted octanol–water partition coefficient (Wildman–Crippen LogP) is 4.00. The van der Waals surface area contributed by atoms with Crippen LogP contribution in [0.5, 0.6) is 0 Å². The minimum atomic E-state index is 0.0348. The van der Waals surface area contributed by atoms with Crippen molar-refractivity contribution in [2.45, 2.75) is 46.5 Å². The maximum Gasteiger partial charge on any atom is 0.246 e. The number of anilines is 2. The Morgan fingerprint density at radius 2 is 1.91 bits per heavy atom. The Kier molecular flexibility index (Phi) is 6.53. The molecule has 8 nitrogen and oxygen atoms in total. The van der Waals surface area contributed by atoms with Crippen LogP contribution < -0.4 is 5.32 Å². The molecule has 33 heavy (non-hydrogen) atoms. The predicted molar refractivity (Wildman–Crippen MR) is 129 cm³/mol. The lowest BCUT2D eigenvalue weighted by Crippen LogP contribution is -2.38. The van der Waals surface area contributed by atoms with Gasteiger partial charge in [-0.05, 0) is 64.8 Å². The highest BCUT2D eigenvalue weighted by Crippen LogP contribution is 2.27. The number of nitrogens with zero attached hydrogens (tertiary/aromatic N) is 6. The lowest BCUT2D eigenvalue weighted by Gasteiger charge is -2.32. The number of nitrogens with one attached hydrogen (secondary N) is 1. The van der Waals surface area contributed by atoms with E-state index in [2.05, 4.69) is 25.4 Å². The van der Waals surface area contributed by atoms with Gasteiger partial charge in [0.15, 0.2) is 0 Å². The Bertz CT molecular complexity index is 1160. The van der Waals surface area contributed by atoms with Crippen LogP contribution in [0.4, 0.5) is 11.6 Å². The molecule has 1 saturated heterocycles. The van der Waals surface area contributed by atoms with E-state index in [1.54, 1.807) is 6.08 Å². The van der Waals surface area contributed by atoms with Gasteiger partial charge in [0.05, 0.1) is 17.6 Å². The van der Waals surface area contributed by atoms with Crippen LogP contribution in [0.15, 0.2) is 30.5 Å². The Balaban J connectivity index is 1.40. The Morgan fingerprint density at radius 1 is 1.15 bits per heavy atom. The summed E-state index contributed by atoms with van der Waals surface area (Å²) in [4.78, 5) is 28.3. The van der Waals surface area contributed by atoms with Gasteiger partial charge >= 0.3 is 0 Å². The SMILES string of the molecule is Cc1cc(C)nc(Nc2ccc([C@H]3CCCN(C(=O)/C=C/c4c(C)nn(C)c4C)C3)nc2)n1. The summed E-state index contributed by atoms with van der Waals surface area (Å²) in [6.45, 7) is 9.32. The van der Waals surface area contributed by atoms with Crippen molar-refractivity contribution in [2.24, 2.45) is 7.05 Å². The van der Waals surface area contributed by atoms with Crippen molar-refractivity contribution < 1.29 is 4.79 Å². The second-order valence-corrected chi connectivity index (χ2v) is 8.74. The van der Waals surface area contributed by atoms with Gasteiger partial charge in [-0.1, -0.05) is 0 Å². The van der Waals surface area contributed by atoms with Crippen LogP contribution >= 0.6 is 0 Å². The first-order chi connectivity index (χ1) is 15.8. The normalized spacial score (nSPS) is 16.4. The summed E-state index contributed by atoms with van der Waals surface area (Å²) < 4.78 is 1.84. The van der Waals surface area contributed by atoms with Gasteiger partial charge in [-0.25, -0.2) is 9.97 Å². The summed E-state index contributed by atoms with van der Waals surface area (Å²) >= 11 is 0. The zero-order chi connectivity index (χ0) is 23.5. The molecule has 1 amide bonds. The molecule has 1 aliphatic rings. The molecular formula is C25H31N7O. The van der Waals surface area contributed by atoms with Crippen LogP contribution in [0.25, 0.3) is 6.08 Å². The molecule has 3 aromatic rings. The van der Waals surface area contributed by atoms with Gasteiger partial charge in [-0.3, -0.25) is 14.5 Å². The molecule has 1 fully saturated rings. The van der Waals surface area contributed by atoms with Crippen LogP contribution in [0, 0.1) is 27.7 Å². The van der Waals surface area contributed by atoms with E-state index in [1.165, 1.54) is 0 Å². The fourth-order valence-corrected chi connectivity index (χ4v) is 4.34. The number of hydrogen-bond acceptors (Lipinski definition) is 6. The first kappa shape index (κ1) is 22.6. The van der Waals surface area contributed by atoms with E-state index in [0.29, 0.717) is 12.5 Å². The summed E-state index contributed by atoms with van der Waals surface area (Å²) in [7, 11) is 1.92. The van der Waals surface area contributed by atoms with E-state index in [-0.39, 0.29) is 11.8 Å². The molecular weight excluding hydrogens is 414 g/mol. The number of rotatable bonds is 5. The van der Waals surface area contributed by atoms with Crippen molar-refractivity contribution in [3.8, 4) is 0 Å². The standard InChI is InChI=1S/C25H31N7O/c1-16-13-17(2)28-25(27-16)29-21-8-10-23(26-14-21)20-7-6-12-32(15-20)24(33)11-9-22-18(3)30-31(5)19(22)4/h8-11,13-14,20H,6-7,12,15H2,1-5H3,(H,27,28,29)/b11-9+/t20-/m0/s1. The summed E-state index contributed by atoms with van der Waals surface area (Å²) in [6.07, 6.45) is 7.35. The van der Waals surface area contributed by atoms with Gasteiger partial charge in [0, 0.05) is 60.5 Å². The smallest absolute Gasteiger partial charge is 0.246 e. The van der Waals surface area contributed by atoms with Gasteiger partial charge in [-0.2, -0.15) is 5.10 Å². The third kappa shape index (κ3) is 5.27. The fraction of sp³-hybridized carbons (Fsp3) is 0.400. The fourth-order valence-electron chi connectivity index (χ4n) is 4.34. The van der Waals surface area contributed by atoms with Crippen molar-refractivity contribution >= 4 is 23.6 Å². The minimum absolute atomic E-state index is 0.0348. The highest BCUT2D eigenvalue weighted by atomic mass is 16.2. The first-order valence-corrected chi connectivity index (χ1v) is 11.3. The first-order valence-electron chi connectivity index (χ1n) is 11.3. The van der Waals surface area contributed by atoms with Crippen LogP contribution in [0.1, 0.15) is 52.8 Å². The molecule has 0 radical (unpaired) electrons. The van der Waals surface area contributed by atoms with E-state index >= 15 is 0 Å². The maximum absolute atomic E-state index is 12.9. The molecule has 0 spiro atoms. The number of aryl methyl sites for hydroxylation is 4. The van der Waals surface area contributed by atoms with Crippen molar-refractivity contribution in [3.63, 3.8) is 0 Å². The van der Waals surface area contributed by atoms with Crippen LogP contribution in [-0.2, 0) is 11.8 Å². The Hall–Kier alpha value is -3.55. The highest BCUT2D eigenvalue weighted by molar-refractivity contribution is 5.92. The van der Waals surface area contributed by atoms with Crippen molar-refractivity contribution in [2.75, 3.05) is 18.4 Å². The zero-order valence-corrected chi connectivity index (χ0v) is 20.0. The molecule has 1 atom stereocenters. The molecule has 4 rings (SSSR count). The second kappa shape index (κ2) is 9.52. The summed E-state index contributed by atoms with van der Waals surface area (Å²) in [6, 6.07) is 5.97. The monoisotopic (exact) mass is 445 g/mol. The number of piperidine rings is 1. The molecule has 0 saturated carbocycles. The number of pyridine rings is 1. The van der Waals surface area contributed by atoms with Crippen molar-refractivity contribution in [1.29, 1.82) is 0 Å². The molecule has 4 heterocycles. The van der Waals surface area contributed by atoms with Crippen molar-refractivity contribution in [3.05, 3.63) is 64.5 Å². The van der Waals surface area contributed by atoms with Gasteiger partial charge < -0.3 is 10.2 Å². The van der Waals surface area contributed by atoms with Crippen LogP contribution in [0.2, 0.25) is 0 Å². The Labute approximate surface area is 194 Å². The molecule has 8 heteroatoms. The highest BCUT2D eigenvalue weighted by Gasteiger charge is 2.24. The Morgan fingerprint density at radius 3 is 2.55 bits per heavy atom. The molecule has 1 N–H and O–H groups in total. The molecule has 3 aromatic heterocycles. The summed E-state index contributed by atoms with van der Waals surface area (Å²) in [5.74, 6) is 0.833.